The summed E-state index contributed by atoms with van der Waals surface area (Å²) in [5.41, 5.74) is -0.261. The highest BCUT2D eigenvalue weighted by Gasteiger charge is 2.41. The molecule has 14 nitrogen and oxygen atoms in total. The first-order valence-corrected chi connectivity index (χ1v) is 24.4. The van der Waals surface area contributed by atoms with Gasteiger partial charge in [0.15, 0.2) is 0 Å². The molecule has 354 valence electrons. The second-order valence-electron chi connectivity index (χ2n) is 17.2. The smallest absolute Gasteiger partial charge is 0.331 e. The molecule has 0 radical (unpaired) electrons. The maximum Gasteiger partial charge on any atom is 0.331 e. The zero-order chi connectivity index (χ0) is 46.7. The summed E-state index contributed by atoms with van der Waals surface area (Å²) in [5.74, 6) is 0.893. The van der Waals surface area contributed by atoms with Crippen LogP contribution in [0.1, 0.15) is 106 Å². The number of hydrogen-bond donors (Lipinski definition) is 4. The Labute approximate surface area is 379 Å². The van der Waals surface area contributed by atoms with Crippen LogP contribution in [0.3, 0.4) is 0 Å². The number of amides is 3. The van der Waals surface area contributed by atoms with Crippen LogP contribution in [0.15, 0.2) is 35.9 Å². The van der Waals surface area contributed by atoms with Gasteiger partial charge in [0, 0.05) is 55.3 Å². The minimum atomic E-state index is -1.04. The molecule has 0 aliphatic rings. The van der Waals surface area contributed by atoms with Crippen LogP contribution in [0.2, 0.25) is 0 Å². The molecule has 1 aromatic rings. The molecule has 0 aromatic heterocycles. The highest BCUT2D eigenvalue weighted by molar-refractivity contribution is 8.76. The molecule has 0 aliphatic heterocycles. The van der Waals surface area contributed by atoms with Crippen molar-refractivity contribution in [1.29, 1.82) is 0 Å². The van der Waals surface area contributed by atoms with E-state index in [1.165, 1.54) is 11.8 Å². The minimum absolute atomic E-state index is 0.0569. The van der Waals surface area contributed by atoms with E-state index < -0.39 is 34.9 Å². The van der Waals surface area contributed by atoms with E-state index in [1.54, 1.807) is 41.8 Å². The molecule has 3 amide bonds. The number of ketones is 1. The fraction of sp³-hybridized carbons (Fsp3) is 0.717. The number of carbonyl (C=O) groups is 5. The van der Waals surface area contributed by atoms with Gasteiger partial charge in [0.2, 0.25) is 17.7 Å². The number of ether oxygens (including phenoxy) is 4. The number of carboxylic acids is 1. The number of hydrogen-bond acceptors (Lipinski definition) is 12. The molecule has 1 aromatic carbocycles. The monoisotopic (exact) mass is 911 g/mol. The molecular formula is C46H78N4O10S2. The lowest BCUT2D eigenvalue weighted by Gasteiger charge is -2.40. The molecule has 1 rings (SSSR count). The number of likely N-dealkylation sites (N-methyl/N-ethyl adjacent to an activating group) is 2. The lowest BCUT2D eigenvalue weighted by Crippen LogP contribution is -2.61. The molecule has 3 atom stereocenters. The first-order valence-electron chi connectivity index (χ1n) is 21.9. The molecule has 16 heteroatoms. The number of carbonyl (C=O) groups excluding carboxylic acids is 4. The van der Waals surface area contributed by atoms with E-state index in [2.05, 4.69) is 16.0 Å². The van der Waals surface area contributed by atoms with Crippen LogP contribution in [0.5, 0.6) is 5.75 Å². The maximum absolute atomic E-state index is 14.0. The van der Waals surface area contributed by atoms with Gasteiger partial charge >= 0.3 is 5.97 Å². The molecule has 62 heavy (non-hydrogen) atoms. The molecule has 0 spiro atoms. The van der Waals surface area contributed by atoms with E-state index in [0.29, 0.717) is 83.6 Å². The van der Waals surface area contributed by atoms with Crippen LogP contribution >= 0.6 is 21.6 Å². The van der Waals surface area contributed by atoms with Crippen LogP contribution in [-0.4, -0.2) is 136 Å². The van der Waals surface area contributed by atoms with Crippen molar-refractivity contribution in [1.82, 2.24) is 20.9 Å². The largest absolute Gasteiger partial charge is 0.491 e. The Morgan fingerprint density at radius 3 is 1.94 bits per heavy atom. The molecule has 0 fully saturated rings. The number of carboxylic acid groups (broad SMARTS) is 1. The van der Waals surface area contributed by atoms with E-state index in [-0.39, 0.29) is 29.2 Å². The predicted molar refractivity (Wildman–Crippen MR) is 251 cm³/mol. The molecule has 0 bridgehead atoms. The first kappa shape index (κ1) is 56.9. The number of rotatable bonds is 34. The number of nitrogens with one attached hydrogen (secondary N) is 3. The van der Waals surface area contributed by atoms with Crippen LogP contribution in [0, 0.1) is 11.3 Å². The Kier molecular flexibility index (Phi) is 28.3. The summed E-state index contributed by atoms with van der Waals surface area (Å²) in [6, 6.07) is 5.55. The number of aliphatic carboxylic acids is 1. The van der Waals surface area contributed by atoms with Gasteiger partial charge in [-0.3, -0.25) is 19.2 Å². The molecule has 0 aliphatic carbocycles. The van der Waals surface area contributed by atoms with Gasteiger partial charge in [-0.25, -0.2) is 4.79 Å². The van der Waals surface area contributed by atoms with Gasteiger partial charge in [-0.2, -0.15) is 0 Å². The Morgan fingerprint density at radius 1 is 0.806 bits per heavy atom. The molecule has 0 saturated heterocycles. The summed E-state index contributed by atoms with van der Waals surface area (Å²) < 4.78 is 22.7. The van der Waals surface area contributed by atoms with E-state index in [0.717, 1.165) is 36.3 Å². The van der Waals surface area contributed by atoms with Crippen molar-refractivity contribution in [3.8, 4) is 5.75 Å². The minimum Gasteiger partial charge on any atom is -0.491 e. The third-order valence-electron chi connectivity index (χ3n) is 10.4. The topological polar surface area (TPSA) is 182 Å². The normalized spacial score (nSPS) is 13.6. The Hall–Kier alpha value is -3.15. The highest BCUT2D eigenvalue weighted by Crippen LogP contribution is 2.30. The molecular weight excluding hydrogens is 833 g/mol. The average Bonchev–Trinajstić information content (AvgIpc) is 3.21. The predicted octanol–water partition coefficient (Wildman–Crippen LogP) is 6.45. The summed E-state index contributed by atoms with van der Waals surface area (Å²) >= 11 is 0. The van der Waals surface area contributed by atoms with E-state index in [1.807, 2.05) is 79.7 Å². The Balaban J connectivity index is 2.38. The average molecular weight is 911 g/mol. The van der Waals surface area contributed by atoms with Crippen LogP contribution in [0.4, 0.5) is 0 Å². The van der Waals surface area contributed by atoms with Crippen molar-refractivity contribution in [3.05, 3.63) is 41.5 Å². The van der Waals surface area contributed by atoms with Crippen molar-refractivity contribution in [2.45, 2.75) is 124 Å². The van der Waals surface area contributed by atoms with Gasteiger partial charge in [-0.15, -0.1) is 0 Å². The number of Topliss-reactive ketones (excluding diaryl/α,β-unsaturated/α-hetero) is 1. The van der Waals surface area contributed by atoms with Crippen molar-refractivity contribution >= 4 is 51.1 Å². The Bertz CT molecular complexity index is 1520. The summed E-state index contributed by atoms with van der Waals surface area (Å²) in [5, 5.41) is 18.6. The molecule has 0 heterocycles. The van der Waals surface area contributed by atoms with Gasteiger partial charge in [0.05, 0.1) is 51.7 Å². The third-order valence-corrected chi connectivity index (χ3v) is 12.8. The zero-order valence-electron chi connectivity index (χ0n) is 39.4. The van der Waals surface area contributed by atoms with Gasteiger partial charge in [-0.1, -0.05) is 102 Å². The van der Waals surface area contributed by atoms with Crippen molar-refractivity contribution < 1.29 is 48.0 Å². The van der Waals surface area contributed by atoms with Gasteiger partial charge < -0.3 is 44.9 Å². The van der Waals surface area contributed by atoms with Gasteiger partial charge in [-0.05, 0) is 55.8 Å². The summed E-state index contributed by atoms with van der Waals surface area (Å²) in [7, 11) is 6.73. The highest BCUT2D eigenvalue weighted by atomic mass is 33.1. The lowest BCUT2D eigenvalue weighted by molar-refractivity contribution is -0.141. The van der Waals surface area contributed by atoms with Crippen LogP contribution < -0.4 is 20.7 Å². The first-order chi connectivity index (χ1) is 29.3. The zero-order valence-corrected chi connectivity index (χ0v) is 41.0. The van der Waals surface area contributed by atoms with Gasteiger partial charge in [0.1, 0.15) is 24.2 Å². The van der Waals surface area contributed by atoms with Crippen molar-refractivity contribution in [3.63, 3.8) is 0 Å². The molecule has 0 saturated carbocycles. The number of nitrogens with zero attached hydrogens (tertiary/aromatic N) is 1. The molecule has 0 unspecified atom stereocenters. The maximum atomic E-state index is 14.0. The Morgan fingerprint density at radius 2 is 1.39 bits per heavy atom. The van der Waals surface area contributed by atoms with Crippen molar-refractivity contribution in [2.75, 3.05) is 78.4 Å². The van der Waals surface area contributed by atoms with Crippen LogP contribution in [0.25, 0.3) is 0 Å². The third kappa shape index (κ3) is 22.5. The van der Waals surface area contributed by atoms with Crippen molar-refractivity contribution in [2.24, 2.45) is 11.3 Å². The summed E-state index contributed by atoms with van der Waals surface area (Å²) in [4.78, 5) is 64.3. The second kappa shape index (κ2) is 30.8. The lowest BCUT2D eigenvalue weighted by atomic mass is 9.76. The molecule has 4 N–H and O–H groups in total. The fourth-order valence-corrected chi connectivity index (χ4v) is 8.34. The SMILES string of the molecule is CCC(=O)CCCCCNC(=O)CCSSCCOCCOCCOCCOc1ccc(C(C)(C)[C@H](NC)C(=O)N[C@H](C(=O)N(C)[C@H](/C=C(\C)C(=O)O)C(C)C)C(C)(C)C)cc1. The quantitative estimate of drug-likeness (QED) is 0.0337. The number of benzene rings is 1. The van der Waals surface area contributed by atoms with Gasteiger partial charge in [0.25, 0.3) is 0 Å². The van der Waals surface area contributed by atoms with E-state index >= 15 is 0 Å². The summed E-state index contributed by atoms with van der Waals surface area (Å²) in [6.07, 6.45) is 6.08. The van der Waals surface area contributed by atoms with Crippen LogP contribution in [-0.2, 0) is 43.6 Å². The van der Waals surface area contributed by atoms with E-state index in [4.69, 9.17) is 18.9 Å². The fourth-order valence-electron chi connectivity index (χ4n) is 6.49. The second-order valence-corrected chi connectivity index (χ2v) is 19.9. The van der Waals surface area contributed by atoms with E-state index in [9.17, 15) is 29.1 Å². The number of unbranched alkanes of at least 4 members (excludes halogenated alkanes) is 2. The summed E-state index contributed by atoms with van der Waals surface area (Å²) in [6.45, 7) is 20.7. The standard InChI is InChI=1S/C46H78N4O10S2/c1-12-36(51)16-14-13-15-22-48-39(52)21-30-61-62-31-29-59-26-25-57-23-24-58-27-28-60-37-19-17-35(18-20-37)46(8,9)40(47-10)42(53)49-41(45(5,6)7)43(54)50(11)38(33(2)3)32-34(4)44(55)56/h17-20,32-33,38,40-41,47H,12-16,21-31H2,1-11H3,(H,48,52)(H,49,53)(H,55,56)/b34-32+/t38-,40-,41-/m1/s1.